The molecule has 0 aromatic heterocycles. The molecule has 0 fully saturated rings. The van der Waals surface area contributed by atoms with Gasteiger partial charge in [0.05, 0.1) is 14.2 Å². The van der Waals surface area contributed by atoms with Crippen molar-refractivity contribution in [3.05, 3.63) is 23.3 Å². The van der Waals surface area contributed by atoms with Crippen LogP contribution >= 0.6 is 0 Å². The lowest BCUT2D eigenvalue weighted by Gasteiger charge is -2.14. The maximum atomic E-state index is 5.63. The fourth-order valence-electron chi connectivity index (χ4n) is 1.81. The number of ether oxygens (including phenoxy) is 2. The molecule has 1 atom stereocenters. The van der Waals surface area contributed by atoms with Crippen molar-refractivity contribution in [3.8, 4) is 11.5 Å². The Labute approximate surface area is 104 Å². The lowest BCUT2D eigenvalue weighted by Crippen LogP contribution is -2.11. The number of hydrogen-bond acceptors (Lipinski definition) is 3. The van der Waals surface area contributed by atoms with E-state index in [1.54, 1.807) is 14.2 Å². The molecule has 0 aliphatic carbocycles. The van der Waals surface area contributed by atoms with E-state index in [1.807, 2.05) is 6.07 Å². The summed E-state index contributed by atoms with van der Waals surface area (Å²) in [6.07, 6.45) is 2.14. The van der Waals surface area contributed by atoms with E-state index < -0.39 is 0 Å². The highest BCUT2D eigenvalue weighted by atomic mass is 16.5. The number of aryl methyl sites for hydroxylation is 2. The number of methoxy groups -OCH3 is 2. The van der Waals surface area contributed by atoms with Crippen LogP contribution in [0.5, 0.6) is 11.5 Å². The lowest BCUT2D eigenvalue weighted by atomic mass is 9.97. The Kier molecular flexibility index (Phi) is 5.29. The topological polar surface area (TPSA) is 44.5 Å². The van der Waals surface area contributed by atoms with Crippen LogP contribution in [0, 0.1) is 12.8 Å². The molecule has 0 amide bonds. The van der Waals surface area contributed by atoms with Crippen molar-refractivity contribution in [3.63, 3.8) is 0 Å². The first-order chi connectivity index (χ1) is 8.12. The standard InChI is InChI=1S/C14H23NO2/c1-10(9-15)5-6-12-8-14(17-4)13(16-3)7-11(12)2/h7-8,10H,5-6,9,15H2,1-4H3. The molecule has 0 spiro atoms. The Hall–Kier alpha value is -1.22. The predicted molar refractivity (Wildman–Crippen MR) is 70.8 cm³/mol. The van der Waals surface area contributed by atoms with Gasteiger partial charge in [-0.3, -0.25) is 0 Å². The fourth-order valence-corrected chi connectivity index (χ4v) is 1.81. The highest BCUT2D eigenvalue weighted by molar-refractivity contribution is 5.47. The Bertz CT molecular complexity index is 363. The molecule has 3 nitrogen and oxygen atoms in total. The van der Waals surface area contributed by atoms with Crippen LogP contribution in [0.4, 0.5) is 0 Å². The molecular weight excluding hydrogens is 214 g/mol. The predicted octanol–water partition coefficient (Wildman–Crippen LogP) is 2.54. The molecule has 0 saturated heterocycles. The summed E-state index contributed by atoms with van der Waals surface area (Å²) >= 11 is 0. The zero-order valence-corrected chi connectivity index (χ0v) is 11.2. The van der Waals surface area contributed by atoms with Crippen LogP contribution in [0.25, 0.3) is 0 Å². The van der Waals surface area contributed by atoms with Crippen molar-refractivity contribution in [2.75, 3.05) is 20.8 Å². The van der Waals surface area contributed by atoms with Crippen molar-refractivity contribution in [1.82, 2.24) is 0 Å². The first-order valence-corrected chi connectivity index (χ1v) is 6.04. The van der Waals surface area contributed by atoms with E-state index in [2.05, 4.69) is 19.9 Å². The average Bonchev–Trinajstić information content (AvgIpc) is 2.36. The van der Waals surface area contributed by atoms with Crippen molar-refractivity contribution in [2.24, 2.45) is 11.7 Å². The minimum absolute atomic E-state index is 0.558. The van der Waals surface area contributed by atoms with Crippen LogP contribution in [0.3, 0.4) is 0 Å². The third-order valence-electron chi connectivity index (χ3n) is 3.15. The molecule has 1 aromatic rings. The van der Waals surface area contributed by atoms with Crippen LogP contribution < -0.4 is 15.2 Å². The van der Waals surface area contributed by atoms with Crippen LogP contribution in [0.2, 0.25) is 0 Å². The van der Waals surface area contributed by atoms with Gasteiger partial charge in [0.2, 0.25) is 0 Å². The van der Waals surface area contributed by atoms with Gasteiger partial charge in [-0.15, -0.1) is 0 Å². The molecule has 0 saturated carbocycles. The maximum absolute atomic E-state index is 5.63. The minimum Gasteiger partial charge on any atom is -0.493 e. The second-order valence-electron chi connectivity index (χ2n) is 4.51. The summed E-state index contributed by atoms with van der Waals surface area (Å²) in [4.78, 5) is 0. The summed E-state index contributed by atoms with van der Waals surface area (Å²) in [6, 6.07) is 4.10. The van der Waals surface area contributed by atoms with Gasteiger partial charge in [0, 0.05) is 0 Å². The summed E-state index contributed by atoms with van der Waals surface area (Å²) in [7, 11) is 3.33. The van der Waals surface area contributed by atoms with Gasteiger partial charge in [0.25, 0.3) is 0 Å². The van der Waals surface area contributed by atoms with Crippen LogP contribution in [0.1, 0.15) is 24.5 Å². The molecular formula is C14H23NO2. The van der Waals surface area contributed by atoms with Crippen molar-refractivity contribution in [1.29, 1.82) is 0 Å². The van der Waals surface area contributed by atoms with Gasteiger partial charge in [-0.05, 0) is 55.5 Å². The highest BCUT2D eigenvalue weighted by Gasteiger charge is 2.09. The molecule has 0 radical (unpaired) electrons. The van der Waals surface area contributed by atoms with Gasteiger partial charge in [-0.2, -0.15) is 0 Å². The minimum atomic E-state index is 0.558. The molecule has 0 bridgehead atoms. The summed E-state index contributed by atoms with van der Waals surface area (Å²) in [5.41, 5.74) is 8.18. The first kappa shape index (κ1) is 13.8. The van der Waals surface area contributed by atoms with E-state index >= 15 is 0 Å². The van der Waals surface area contributed by atoms with Gasteiger partial charge in [-0.1, -0.05) is 6.92 Å². The van der Waals surface area contributed by atoms with E-state index in [0.717, 1.165) is 30.9 Å². The average molecular weight is 237 g/mol. The maximum Gasteiger partial charge on any atom is 0.161 e. The third kappa shape index (κ3) is 3.63. The molecule has 0 aliphatic rings. The number of benzene rings is 1. The zero-order valence-electron chi connectivity index (χ0n) is 11.2. The van der Waals surface area contributed by atoms with Gasteiger partial charge in [-0.25, -0.2) is 0 Å². The van der Waals surface area contributed by atoms with Crippen molar-refractivity contribution in [2.45, 2.75) is 26.7 Å². The second-order valence-corrected chi connectivity index (χ2v) is 4.51. The molecule has 1 aromatic carbocycles. The molecule has 3 heteroatoms. The third-order valence-corrected chi connectivity index (χ3v) is 3.15. The fraction of sp³-hybridized carbons (Fsp3) is 0.571. The SMILES string of the molecule is COc1cc(C)c(CCC(C)CN)cc1OC. The Balaban J connectivity index is 2.85. The number of nitrogens with two attached hydrogens (primary N) is 1. The quantitative estimate of drug-likeness (QED) is 0.827. The zero-order chi connectivity index (χ0) is 12.8. The van der Waals surface area contributed by atoms with Crippen LogP contribution in [-0.2, 0) is 6.42 Å². The summed E-state index contributed by atoms with van der Waals surface area (Å²) in [6.45, 7) is 5.02. The van der Waals surface area contributed by atoms with E-state index in [-0.39, 0.29) is 0 Å². The van der Waals surface area contributed by atoms with Gasteiger partial charge >= 0.3 is 0 Å². The Morgan fingerprint density at radius 1 is 1.18 bits per heavy atom. The van der Waals surface area contributed by atoms with Gasteiger partial charge in [0.15, 0.2) is 11.5 Å². The lowest BCUT2D eigenvalue weighted by molar-refractivity contribution is 0.354. The van der Waals surface area contributed by atoms with Crippen LogP contribution in [0.15, 0.2) is 12.1 Å². The molecule has 2 N–H and O–H groups in total. The summed E-state index contributed by atoms with van der Waals surface area (Å²) in [5, 5.41) is 0. The van der Waals surface area contributed by atoms with E-state index in [1.165, 1.54) is 11.1 Å². The van der Waals surface area contributed by atoms with E-state index in [0.29, 0.717) is 5.92 Å². The Morgan fingerprint density at radius 2 is 1.76 bits per heavy atom. The molecule has 0 aliphatic heterocycles. The molecule has 17 heavy (non-hydrogen) atoms. The molecule has 1 unspecified atom stereocenters. The number of hydrogen-bond donors (Lipinski definition) is 1. The molecule has 1 rings (SSSR count). The summed E-state index contributed by atoms with van der Waals surface area (Å²) < 4.78 is 10.6. The van der Waals surface area contributed by atoms with Gasteiger partial charge < -0.3 is 15.2 Å². The second kappa shape index (κ2) is 6.50. The molecule has 96 valence electrons. The van der Waals surface area contributed by atoms with Crippen LogP contribution in [-0.4, -0.2) is 20.8 Å². The monoisotopic (exact) mass is 237 g/mol. The normalized spacial score (nSPS) is 12.3. The van der Waals surface area contributed by atoms with E-state index in [4.69, 9.17) is 15.2 Å². The smallest absolute Gasteiger partial charge is 0.161 e. The van der Waals surface area contributed by atoms with E-state index in [9.17, 15) is 0 Å². The molecule has 0 heterocycles. The number of rotatable bonds is 6. The van der Waals surface area contributed by atoms with Gasteiger partial charge in [0.1, 0.15) is 0 Å². The summed E-state index contributed by atoms with van der Waals surface area (Å²) in [5.74, 6) is 2.15. The first-order valence-electron chi connectivity index (χ1n) is 6.04. The largest absolute Gasteiger partial charge is 0.493 e. The Morgan fingerprint density at radius 3 is 2.29 bits per heavy atom. The van der Waals surface area contributed by atoms with Crippen molar-refractivity contribution >= 4 is 0 Å². The highest BCUT2D eigenvalue weighted by Crippen LogP contribution is 2.31. The van der Waals surface area contributed by atoms with Crippen molar-refractivity contribution < 1.29 is 9.47 Å².